The number of fused-ring (bicyclic) bond motifs is 1. The number of aryl methyl sites for hydroxylation is 2. The molecule has 2 saturated heterocycles. The molecular weight excluding hydrogens is 364 g/mol. The summed E-state index contributed by atoms with van der Waals surface area (Å²) in [7, 11) is -3.28. The van der Waals surface area contributed by atoms with Crippen LogP contribution in [-0.4, -0.2) is 66.7 Å². The van der Waals surface area contributed by atoms with Gasteiger partial charge in [0.15, 0.2) is 9.84 Å². The first kappa shape index (κ1) is 19.9. The summed E-state index contributed by atoms with van der Waals surface area (Å²) in [6, 6.07) is 4.75. The molecule has 27 heavy (non-hydrogen) atoms. The van der Waals surface area contributed by atoms with Crippen LogP contribution < -0.4 is 0 Å². The molecule has 2 amide bonds. The third-order valence-electron chi connectivity index (χ3n) is 5.45. The van der Waals surface area contributed by atoms with Crippen molar-refractivity contribution < 1.29 is 18.0 Å². The van der Waals surface area contributed by atoms with Crippen LogP contribution in [0.15, 0.2) is 18.2 Å². The van der Waals surface area contributed by atoms with E-state index in [4.69, 9.17) is 0 Å². The van der Waals surface area contributed by atoms with Crippen LogP contribution in [0.1, 0.15) is 41.8 Å². The van der Waals surface area contributed by atoms with Gasteiger partial charge in [0.05, 0.1) is 23.6 Å². The van der Waals surface area contributed by atoms with Crippen LogP contribution in [0.25, 0.3) is 0 Å². The highest BCUT2D eigenvalue weighted by Gasteiger charge is 2.49. The molecule has 0 aliphatic carbocycles. The predicted molar refractivity (Wildman–Crippen MR) is 104 cm³/mol. The summed E-state index contributed by atoms with van der Waals surface area (Å²) in [6.07, 6.45) is 0.397. The molecule has 148 valence electrons. The van der Waals surface area contributed by atoms with Gasteiger partial charge in [-0.15, -0.1) is 0 Å². The molecule has 0 bridgehead atoms. The number of rotatable bonds is 3. The fourth-order valence-electron chi connectivity index (χ4n) is 4.19. The zero-order valence-electron chi connectivity index (χ0n) is 16.4. The topological polar surface area (TPSA) is 74.8 Å². The number of nitrogens with zero attached hydrogens (tertiary/aromatic N) is 2. The number of amides is 2. The van der Waals surface area contributed by atoms with Gasteiger partial charge in [0, 0.05) is 25.1 Å². The minimum absolute atomic E-state index is 0.0179. The average Bonchev–Trinajstić information content (AvgIpc) is 2.87. The maximum Gasteiger partial charge on any atom is 0.254 e. The van der Waals surface area contributed by atoms with Crippen LogP contribution in [0.4, 0.5) is 0 Å². The molecule has 2 heterocycles. The first-order valence-corrected chi connectivity index (χ1v) is 11.3. The number of carbonyl (C=O) groups is 2. The van der Waals surface area contributed by atoms with Gasteiger partial charge in [-0.05, 0) is 31.4 Å². The Labute approximate surface area is 161 Å². The molecule has 2 aliphatic heterocycles. The van der Waals surface area contributed by atoms with Crippen molar-refractivity contribution in [3.8, 4) is 0 Å². The van der Waals surface area contributed by atoms with E-state index in [2.05, 4.69) is 0 Å². The minimum atomic E-state index is -3.28. The van der Waals surface area contributed by atoms with Crippen molar-refractivity contribution in [2.45, 2.75) is 46.2 Å². The van der Waals surface area contributed by atoms with Gasteiger partial charge in [0.1, 0.15) is 0 Å². The van der Waals surface area contributed by atoms with Gasteiger partial charge in [-0.3, -0.25) is 9.59 Å². The lowest BCUT2D eigenvalue weighted by atomic mass is 9.99. The summed E-state index contributed by atoms with van der Waals surface area (Å²) in [4.78, 5) is 29.2. The van der Waals surface area contributed by atoms with Crippen molar-refractivity contribution in [2.24, 2.45) is 5.92 Å². The van der Waals surface area contributed by atoms with E-state index < -0.39 is 21.9 Å². The number of hydrogen-bond acceptors (Lipinski definition) is 4. The van der Waals surface area contributed by atoms with Crippen LogP contribution in [0.3, 0.4) is 0 Å². The number of hydrogen-bond donors (Lipinski definition) is 0. The third-order valence-corrected chi connectivity index (χ3v) is 7.15. The van der Waals surface area contributed by atoms with E-state index in [1.54, 1.807) is 9.80 Å². The maximum atomic E-state index is 13.2. The van der Waals surface area contributed by atoms with Crippen molar-refractivity contribution in [2.75, 3.05) is 24.6 Å². The van der Waals surface area contributed by atoms with Crippen LogP contribution >= 0.6 is 0 Å². The van der Waals surface area contributed by atoms with Gasteiger partial charge in [-0.2, -0.15) is 0 Å². The van der Waals surface area contributed by atoms with Crippen molar-refractivity contribution >= 4 is 21.7 Å². The number of benzene rings is 1. The van der Waals surface area contributed by atoms with E-state index in [0.29, 0.717) is 25.1 Å². The van der Waals surface area contributed by atoms with Gasteiger partial charge in [0.2, 0.25) is 5.91 Å². The largest absolute Gasteiger partial charge is 0.335 e. The molecule has 0 unspecified atom stereocenters. The monoisotopic (exact) mass is 392 g/mol. The second-order valence-electron chi connectivity index (χ2n) is 8.21. The summed E-state index contributed by atoms with van der Waals surface area (Å²) in [5.41, 5.74) is 2.57. The van der Waals surface area contributed by atoms with Crippen LogP contribution in [0.5, 0.6) is 0 Å². The smallest absolute Gasteiger partial charge is 0.254 e. The normalized spacial score (nSPS) is 24.2. The van der Waals surface area contributed by atoms with Crippen molar-refractivity contribution in [1.29, 1.82) is 0 Å². The molecule has 2 aliphatic rings. The van der Waals surface area contributed by atoms with Crippen molar-refractivity contribution in [1.82, 2.24) is 9.80 Å². The predicted octanol–water partition coefficient (Wildman–Crippen LogP) is 1.80. The standard InChI is InChI=1S/C20H28N2O4S/c1-13(2)9-19(23)21-7-8-22(18-12-27(25,26)11-17(18)21)20(24)16-6-5-14(3)10-15(16)4/h5-6,10,13,17-18H,7-9,11-12H2,1-4H3/t17-,18+/m1/s1. The van der Waals surface area contributed by atoms with Gasteiger partial charge < -0.3 is 9.80 Å². The molecule has 2 atom stereocenters. The van der Waals surface area contributed by atoms with E-state index in [9.17, 15) is 18.0 Å². The highest BCUT2D eigenvalue weighted by Crippen LogP contribution is 2.29. The van der Waals surface area contributed by atoms with Crippen molar-refractivity contribution in [3.05, 3.63) is 34.9 Å². The molecule has 7 heteroatoms. The fraction of sp³-hybridized carbons (Fsp3) is 0.600. The number of carbonyl (C=O) groups excluding carboxylic acids is 2. The summed E-state index contributed by atoms with van der Waals surface area (Å²) in [5.74, 6) is -0.0760. The van der Waals surface area contributed by atoms with Crippen molar-refractivity contribution in [3.63, 3.8) is 0 Å². The summed E-state index contributed by atoms with van der Waals surface area (Å²) < 4.78 is 24.7. The molecule has 0 saturated carbocycles. The Balaban J connectivity index is 1.89. The van der Waals surface area contributed by atoms with E-state index >= 15 is 0 Å². The van der Waals surface area contributed by atoms with E-state index in [1.807, 2.05) is 45.9 Å². The Morgan fingerprint density at radius 2 is 1.67 bits per heavy atom. The quantitative estimate of drug-likeness (QED) is 0.786. The fourth-order valence-corrected chi connectivity index (χ4v) is 6.17. The highest BCUT2D eigenvalue weighted by molar-refractivity contribution is 7.91. The van der Waals surface area contributed by atoms with Gasteiger partial charge in [0.25, 0.3) is 5.91 Å². The number of piperazine rings is 1. The second kappa shape index (κ2) is 7.26. The zero-order chi connectivity index (χ0) is 19.9. The van der Waals surface area contributed by atoms with Gasteiger partial charge >= 0.3 is 0 Å². The SMILES string of the molecule is Cc1ccc(C(=O)N2CCN(C(=O)CC(C)C)[C@@H]3CS(=O)(=O)C[C@@H]32)c(C)c1. The molecule has 1 aromatic rings. The van der Waals surface area contributed by atoms with E-state index in [-0.39, 0.29) is 29.2 Å². The maximum absolute atomic E-state index is 13.2. The Kier molecular flexibility index (Phi) is 5.34. The molecule has 1 aromatic carbocycles. The van der Waals surface area contributed by atoms with E-state index in [0.717, 1.165) is 11.1 Å². The average molecular weight is 393 g/mol. The first-order chi connectivity index (χ1) is 12.6. The molecule has 0 radical (unpaired) electrons. The Hall–Kier alpha value is -1.89. The molecular formula is C20H28N2O4S. The highest BCUT2D eigenvalue weighted by atomic mass is 32.2. The molecule has 0 aromatic heterocycles. The van der Waals surface area contributed by atoms with Crippen LogP contribution in [0.2, 0.25) is 0 Å². The summed E-state index contributed by atoms with van der Waals surface area (Å²) in [5, 5.41) is 0. The molecule has 0 N–H and O–H groups in total. The molecule has 0 spiro atoms. The van der Waals surface area contributed by atoms with E-state index in [1.165, 1.54) is 0 Å². The minimum Gasteiger partial charge on any atom is -0.335 e. The van der Waals surface area contributed by atoms with Crippen LogP contribution in [0, 0.1) is 19.8 Å². The Morgan fingerprint density at radius 3 is 2.26 bits per heavy atom. The first-order valence-electron chi connectivity index (χ1n) is 9.47. The lowest BCUT2D eigenvalue weighted by Gasteiger charge is -2.44. The zero-order valence-corrected chi connectivity index (χ0v) is 17.3. The Morgan fingerprint density at radius 1 is 1.07 bits per heavy atom. The van der Waals surface area contributed by atoms with Gasteiger partial charge in [-0.1, -0.05) is 31.5 Å². The Bertz CT molecular complexity index is 863. The van der Waals surface area contributed by atoms with Gasteiger partial charge in [-0.25, -0.2) is 8.42 Å². The third kappa shape index (κ3) is 4.03. The summed E-state index contributed by atoms with van der Waals surface area (Å²) >= 11 is 0. The molecule has 3 rings (SSSR count). The number of sulfone groups is 1. The lowest BCUT2D eigenvalue weighted by molar-refractivity contribution is -0.137. The summed E-state index contributed by atoms with van der Waals surface area (Å²) in [6.45, 7) is 8.57. The second-order valence-corrected chi connectivity index (χ2v) is 10.4. The lowest BCUT2D eigenvalue weighted by Crippen LogP contribution is -2.62. The van der Waals surface area contributed by atoms with Crippen LogP contribution in [-0.2, 0) is 14.6 Å². The molecule has 6 nitrogen and oxygen atoms in total. The molecule has 2 fully saturated rings.